The van der Waals surface area contributed by atoms with Gasteiger partial charge in [0.25, 0.3) is 5.60 Å². The quantitative estimate of drug-likeness (QED) is 0.217. The SMILES string of the molecule is CNCCCS(=O)(=O)c1cccc(-c2ccc(C3CC(C(O)(C(F)(F)F)C(F)(F)F)=NN3c3ccc(F)cc3F)cc2)c1. The molecule has 2 N–H and O–H groups in total. The van der Waals surface area contributed by atoms with E-state index < -0.39 is 63.3 Å². The minimum Gasteiger partial charge on any atom is -0.369 e. The average Bonchev–Trinajstić information content (AvgIpc) is 3.37. The number of anilines is 1. The second-order valence-corrected chi connectivity index (χ2v) is 11.9. The van der Waals surface area contributed by atoms with Gasteiger partial charge in [0.05, 0.1) is 28.1 Å². The third-order valence-corrected chi connectivity index (χ3v) is 8.77. The van der Waals surface area contributed by atoms with Gasteiger partial charge in [0.15, 0.2) is 15.7 Å². The van der Waals surface area contributed by atoms with Crippen LogP contribution in [0.2, 0.25) is 0 Å². The Morgan fingerprint density at radius 2 is 1.58 bits per heavy atom. The van der Waals surface area contributed by atoms with Crippen LogP contribution < -0.4 is 10.3 Å². The van der Waals surface area contributed by atoms with E-state index in [9.17, 15) is 48.6 Å². The van der Waals surface area contributed by atoms with Crippen molar-refractivity contribution < 1.29 is 48.6 Å². The molecule has 0 spiro atoms. The molecule has 3 aromatic rings. The summed E-state index contributed by atoms with van der Waals surface area (Å²) in [6.07, 6.45) is -13.2. The van der Waals surface area contributed by atoms with E-state index in [1.807, 2.05) is 0 Å². The van der Waals surface area contributed by atoms with E-state index in [1.54, 1.807) is 13.1 Å². The highest BCUT2D eigenvalue weighted by Crippen LogP contribution is 2.49. The number of sulfone groups is 1. The Morgan fingerprint density at radius 1 is 0.930 bits per heavy atom. The first-order valence-electron chi connectivity index (χ1n) is 12.8. The van der Waals surface area contributed by atoms with Gasteiger partial charge in [0.1, 0.15) is 5.82 Å². The van der Waals surface area contributed by atoms with Gasteiger partial charge in [-0.3, -0.25) is 5.01 Å². The van der Waals surface area contributed by atoms with Crippen molar-refractivity contribution in [2.45, 2.75) is 41.7 Å². The average molecular weight is 636 g/mol. The number of nitrogens with zero attached hydrogens (tertiary/aromatic N) is 2. The third kappa shape index (κ3) is 6.38. The molecular formula is C28H25F8N3O3S. The number of benzene rings is 3. The zero-order chi connectivity index (χ0) is 31.8. The Bertz CT molecular complexity index is 1590. The molecule has 1 aliphatic rings. The molecule has 1 unspecified atom stereocenters. The number of hydrogen-bond acceptors (Lipinski definition) is 6. The van der Waals surface area contributed by atoms with E-state index in [2.05, 4.69) is 10.4 Å². The summed E-state index contributed by atoms with van der Waals surface area (Å²) in [5, 5.41) is 16.8. The van der Waals surface area contributed by atoms with Crippen molar-refractivity contribution in [3.8, 4) is 11.1 Å². The summed E-state index contributed by atoms with van der Waals surface area (Å²) < 4.78 is 136. The molecule has 0 fully saturated rings. The zero-order valence-corrected chi connectivity index (χ0v) is 23.2. The van der Waals surface area contributed by atoms with Gasteiger partial charge in [-0.1, -0.05) is 36.4 Å². The van der Waals surface area contributed by atoms with Crippen LogP contribution >= 0.6 is 0 Å². The number of nitrogens with one attached hydrogen (secondary N) is 1. The van der Waals surface area contributed by atoms with Gasteiger partial charge < -0.3 is 10.4 Å². The molecule has 1 aliphatic heterocycles. The van der Waals surface area contributed by atoms with E-state index in [0.717, 1.165) is 12.1 Å². The molecule has 1 atom stereocenters. The Hall–Kier alpha value is -3.56. The largest absolute Gasteiger partial charge is 0.431 e. The minimum atomic E-state index is -6.21. The van der Waals surface area contributed by atoms with Gasteiger partial charge in [0, 0.05) is 12.5 Å². The fraction of sp³-hybridized carbons (Fsp3) is 0.321. The Kier molecular flexibility index (Phi) is 8.91. The lowest BCUT2D eigenvalue weighted by Gasteiger charge is -2.32. The summed E-state index contributed by atoms with van der Waals surface area (Å²) in [6, 6.07) is 12.1. The first-order valence-corrected chi connectivity index (χ1v) is 14.4. The number of hydrogen-bond donors (Lipinski definition) is 2. The predicted molar refractivity (Wildman–Crippen MR) is 143 cm³/mol. The maximum atomic E-state index is 14.7. The van der Waals surface area contributed by atoms with Crippen LogP contribution in [0, 0.1) is 11.6 Å². The highest BCUT2D eigenvalue weighted by atomic mass is 32.2. The van der Waals surface area contributed by atoms with Crippen LogP contribution in [-0.4, -0.2) is 56.5 Å². The molecule has 15 heteroatoms. The minimum absolute atomic E-state index is 0.0653. The van der Waals surface area contributed by atoms with E-state index in [-0.39, 0.29) is 16.2 Å². The van der Waals surface area contributed by atoms with Crippen LogP contribution in [0.4, 0.5) is 40.8 Å². The number of rotatable bonds is 9. The topological polar surface area (TPSA) is 82.0 Å². The molecule has 232 valence electrons. The van der Waals surface area contributed by atoms with Crippen molar-refractivity contribution in [3.05, 3.63) is 83.9 Å². The number of alkyl halides is 6. The fourth-order valence-electron chi connectivity index (χ4n) is 4.69. The number of hydrazone groups is 1. The molecule has 0 radical (unpaired) electrons. The molecule has 3 aromatic carbocycles. The molecule has 0 amide bonds. The van der Waals surface area contributed by atoms with Crippen molar-refractivity contribution in [3.63, 3.8) is 0 Å². The van der Waals surface area contributed by atoms with Gasteiger partial charge in [-0.15, -0.1) is 0 Å². The molecule has 0 aliphatic carbocycles. The molecule has 43 heavy (non-hydrogen) atoms. The zero-order valence-electron chi connectivity index (χ0n) is 22.3. The smallest absolute Gasteiger partial charge is 0.369 e. The number of halogens is 8. The highest BCUT2D eigenvalue weighted by Gasteiger charge is 2.74. The standard InChI is InChI=1S/C28H25F8N3O3S/c1-37-12-3-13-43(41,42)21-5-2-4-19(14-21)17-6-8-18(9-7-17)24-16-25(26(40,27(31,32)33)28(34,35)36)38-39(24)23-11-10-20(29)15-22(23)30/h2,4-11,14-15,24,37,40H,3,12-13,16H2,1H3. The summed E-state index contributed by atoms with van der Waals surface area (Å²) in [5.41, 5.74) is -6.64. The van der Waals surface area contributed by atoms with Crippen LogP contribution in [-0.2, 0) is 9.84 Å². The van der Waals surface area contributed by atoms with Crippen molar-refractivity contribution in [1.29, 1.82) is 0 Å². The first kappa shape index (κ1) is 32.4. The van der Waals surface area contributed by atoms with Crippen molar-refractivity contribution in [2.24, 2.45) is 5.10 Å². The lowest BCUT2D eigenvalue weighted by Crippen LogP contribution is -2.62. The lowest BCUT2D eigenvalue weighted by molar-refractivity contribution is -0.338. The van der Waals surface area contributed by atoms with Gasteiger partial charge in [-0.25, -0.2) is 17.2 Å². The van der Waals surface area contributed by atoms with E-state index in [1.165, 1.54) is 42.5 Å². The third-order valence-electron chi connectivity index (χ3n) is 6.97. The van der Waals surface area contributed by atoms with Crippen LogP contribution in [0.15, 0.2) is 76.7 Å². The highest BCUT2D eigenvalue weighted by molar-refractivity contribution is 7.91. The first-order chi connectivity index (χ1) is 20.0. The van der Waals surface area contributed by atoms with Gasteiger partial charge in [-0.05, 0) is 61.0 Å². The van der Waals surface area contributed by atoms with Crippen LogP contribution in [0.1, 0.15) is 24.4 Å². The lowest BCUT2D eigenvalue weighted by atomic mass is 9.89. The molecule has 6 nitrogen and oxygen atoms in total. The Morgan fingerprint density at radius 3 is 2.16 bits per heavy atom. The predicted octanol–water partition coefficient (Wildman–Crippen LogP) is 6.18. The monoisotopic (exact) mass is 635 g/mol. The summed E-state index contributed by atoms with van der Waals surface area (Å²) in [4.78, 5) is 0.0653. The fourth-order valence-corrected chi connectivity index (χ4v) is 6.04. The Balaban J connectivity index is 1.72. The summed E-state index contributed by atoms with van der Waals surface area (Å²) in [7, 11) is -1.91. The van der Waals surface area contributed by atoms with Gasteiger partial charge in [-0.2, -0.15) is 31.4 Å². The van der Waals surface area contributed by atoms with Crippen molar-refractivity contribution in [1.82, 2.24) is 5.32 Å². The molecule has 0 saturated carbocycles. The van der Waals surface area contributed by atoms with Gasteiger partial charge >= 0.3 is 12.4 Å². The number of aliphatic hydroxyl groups is 1. The normalized spacial score (nSPS) is 16.5. The molecule has 4 rings (SSSR count). The maximum absolute atomic E-state index is 14.7. The van der Waals surface area contributed by atoms with Crippen LogP contribution in [0.5, 0.6) is 0 Å². The van der Waals surface area contributed by atoms with Crippen molar-refractivity contribution in [2.75, 3.05) is 24.4 Å². The molecule has 0 bridgehead atoms. The van der Waals surface area contributed by atoms with Crippen LogP contribution in [0.3, 0.4) is 0 Å². The molecule has 0 saturated heterocycles. The van der Waals surface area contributed by atoms with E-state index >= 15 is 0 Å². The van der Waals surface area contributed by atoms with E-state index in [0.29, 0.717) is 35.2 Å². The molecule has 0 aromatic heterocycles. The maximum Gasteiger partial charge on any atom is 0.431 e. The second kappa shape index (κ2) is 11.8. The Labute approximate surface area is 241 Å². The van der Waals surface area contributed by atoms with Gasteiger partial charge in [0.2, 0.25) is 0 Å². The summed E-state index contributed by atoms with van der Waals surface area (Å²) in [6.45, 7) is 0.495. The van der Waals surface area contributed by atoms with Crippen LogP contribution in [0.25, 0.3) is 11.1 Å². The summed E-state index contributed by atoms with van der Waals surface area (Å²) >= 11 is 0. The second-order valence-electron chi connectivity index (χ2n) is 9.84. The molecule has 1 heterocycles. The summed E-state index contributed by atoms with van der Waals surface area (Å²) in [5.74, 6) is -2.45. The van der Waals surface area contributed by atoms with Crippen molar-refractivity contribution >= 4 is 21.2 Å². The van der Waals surface area contributed by atoms with E-state index in [4.69, 9.17) is 0 Å². The molecular weight excluding hydrogens is 610 g/mol.